The number of hydrogen-bond acceptors (Lipinski definition) is 4. The normalized spacial score (nSPS) is 15.3. The number of likely N-dealkylation sites (tertiary alicyclic amines) is 1. The van der Waals surface area contributed by atoms with Gasteiger partial charge in [-0.05, 0) is 60.9 Å². The van der Waals surface area contributed by atoms with E-state index >= 15 is 0 Å². The lowest BCUT2D eigenvalue weighted by Crippen LogP contribution is -2.41. The Morgan fingerprint density at radius 1 is 0.971 bits per heavy atom. The summed E-state index contributed by atoms with van der Waals surface area (Å²) in [5.74, 6) is 1.41. The van der Waals surface area contributed by atoms with Crippen LogP contribution in [-0.2, 0) is 6.54 Å². The molecule has 1 fully saturated rings. The first kappa shape index (κ1) is 24.1. The summed E-state index contributed by atoms with van der Waals surface area (Å²) in [6.07, 6.45) is 1.89. The highest BCUT2D eigenvalue weighted by molar-refractivity contribution is 5.94. The van der Waals surface area contributed by atoms with E-state index in [9.17, 15) is 9.59 Å². The predicted octanol–water partition coefficient (Wildman–Crippen LogP) is 5.05. The van der Waals surface area contributed by atoms with Crippen molar-refractivity contribution in [2.75, 3.05) is 32.6 Å². The number of hydrogen-bond donors (Lipinski definition) is 2. The number of amides is 3. The number of piperidine rings is 1. The molecule has 7 nitrogen and oxygen atoms in total. The zero-order valence-corrected chi connectivity index (χ0v) is 20.1. The molecule has 3 aromatic carbocycles. The van der Waals surface area contributed by atoms with Gasteiger partial charge in [0.25, 0.3) is 5.91 Å². The maximum Gasteiger partial charge on any atom is 0.321 e. The zero-order valence-electron chi connectivity index (χ0n) is 20.1. The highest BCUT2D eigenvalue weighted by atomic mass is 16.5. The van der Waals surface area contributed by atoms with Gasteiger partial charge in [0.15, 0.2) is 0 Å². The molecule has 3 amide bonds. The minimum Gasteiger partial charge on any atom is -0.497 e. The summed E-state index contributed by atoms with van der Waals surface area (Å²) >= 11 is 0. The van der Waals surface area contributed by atoms with E-state index in [4.69, 9.17) is 9.47 Å². The molecular formula is C28H31N3O4. The molecule has 35 heavy (non-hydrogen) atoms. The lowest BCUT2D eigenvalue weighted by molar-refractivity contribution is 0.0950. The van der Waals surface area contributed by atoms with Crippen LogP contribution in [0.5, 0.6) is 11.5 Å². The second-order valence-corrected chi connectivity index (χ2v) is 8.57. The van der Waals surface area contributed by atoms with Gasteiger partial charge in [0.1, 0.15) is 11.5 Å². The number of anilines is 1. The van der Waals surface area contributed by atoms with Gasteiger partial charge in [-0.2, -0.15) is 0 Å². The first-order valence-electron chi connectivity index (χ1n) is 11.8. The number of methoxy groups -OCH3 is 2. The molecule has 7 heteroatoms. The van der Waals surface area contributed by atoms with Gasteiger partial charge in [0.05, 0.1) is 14.2 Å². The first-order chi connectivity index (χ1) is 17.1. The third-order valence-electron chi connectivity index (χ3n) is 6.28. The van der Waals surface area contributed by atoms with Gasteiger partial charge in [-0.15, -0.1) is 0 Å². The summed E-state index contributed by atoms with van der Waals surface area (Å²) in [5, 5.41) is 5.94. The summed E-state index contributed by atoms with van der Waals surface area (Å²) in [6, 6.07) is 22.6. The highest BCUT2D eigenvalue weighted by Gasteiger charge is 2.25. The summed E-state index contributed by atoms with van der Waals surface area (Å²) in [5.41, 5.74) is 3.28. The molecule has 1 aliphatic rings. The molecule has 2 N–H and O–H groups in total. The van der Waals surface area contributed by atoms with Crippen molar-refractivity contribution in [3.05, 3.63) is 89.5 Å². The predicted molar refractivity (Wildman–Crippen MR) is 136 cm³/mol. The van der Waals surface area contributed by atoms with Gasteiger partial charge in [-0.25, -0.2) is 4.79 Å². The Labute approximate surface area is 206 Å². The first-order valence-corrected chi connectivity index (χ1v) is 11.8. The zero-order chi connectivity index (χ0) is 24.6. The SMILES string of the molecule is COc1ccc(OC)c(CNC(=O)c2cccc([C@@H]3CCCN(C(=O)Nc4ccccc4)C3)c2)c1. The Balaban J connectivity index is 1.40. The van der Waals surface area contributed by atoms with Crippen molar-refractivity contribution < 1.29 is 19.1 Å². The van der Waals surface area contributed by atoms with E-state index in [0.717, 1.165) is 36.2 Å². The average molecular weight is 474 g/mol. The number of benzene rings is 3. The summed E-state index contributed by atoms with van der Waals surface area (Å²) < 4.78 is 10.7. The minimum atomic E-state index is -0.161. The van der Waals surface area contributed by atoms with E-state index in [1.807, 2.05) is 77.7 Å². The molecular weight excluding hydrogens is 442 g/mol. The van der Waals surface area contributed by atoms with Crippen molar-refractivity contribution in [2.45, 2.75) is 25.3 Å². The fraction of sp³-hybridized carbons (Fsp3) is 0.286. The van der Waals surface area contributed by atoms with Crippen LogP contribution in [0.1, 0.15) is 40.2 Å². The van der Waals surface area contributed by atoms with Crippen molar-refractivity contribution >= 4 is 17.6 Å². The van der Waals surface area contributed by atoms with Crippen molar-refractivity contribution in [3.8, 4) is 11.5 Å². The second kappa shape index (κ2) is 11.4. The molecule has 0 saturated carbocycles. The molecule has 1 aliphatic heterocycles. The highest BCUT2D eigenvalue weighted by Crippen LogP contribution is 2.28. The molecule has 0 radical (unpaired) electrons. The number of nitrogens with zero attached hydrogens (tertiary/aromatic N) is 1. The van der Waals surface area contributed by atoms with E-state index in [1.165, 1.54) is 0 Å². The lowest BCUT2D eigenvalue weighted by atomic mass is 9.89. The van der Waals surface area contributed by atoms with Gasteiger partial charge in [-0.3, -0.25) is 4.79 Å². The number of para-hydroxylation sites is 1. The van der Waals surface area contributed by atoms with Crippen LogP contribution in [0.4, 0.5) is 10.5 Å². The molecule has 4 rings (SSSR count). The molecule has 0 spiro atoms. The van der Waals surface area contributed by atoms with Crippen molar-refractivity contribution in [1.29, 1.82) is 0 Å². The topological polar surface area (TPSA) is 79.9 Å². The number of nitrogens with one attached hydrogen (secondary N) is 2. The largest absolute Gasteiger partial charge is 0.497 e. The smallest absolute Gasteiger partial charge is 0.321 e. The number of carbonyl (C=O) groups excluding carboxylic acids is 2. The molecule has 0 aromatic heterocycles. The van der Waals surface area contributed by atoms with Gasteiger partial charge in [0, 0.05) is 42.4 Å². The van der Waals surface area contributed by atoms with Gasteiger partial charge in [0.2, 0.25) is 0 Å². The molecule has 3 aromatic rings. The van der Waals surface area contributed by atoms with E-state index < -0.39 is 0 Å². The molecule has 182 valence electrons. The molecule has 0 aliphatic carbocycles. The summed E-state index contributed by atoms with van der Waals surface area (Å²) in [7, 11) is 3.21. The Morgan fingerprint density at radius 3 is 2.57 bits per heavy atom. The van der Waals surface area contributed by atoms with Crippen molar-refractivity contribution in [3.63, 3.8) is 0 Å². The fourth-order valence-corrected chi connectivity index (χ4v) is 4.39. The number of carbonyl (C=O) groups is 2. The fourth-order valence-electron chi connectivity index (χ4n) is 4.39. The Kier molecular flexibility index (Phi) is 7.88. The molecule has 1 saturated heterocycles. The summed E-state index contributed by atoms with van der Waals surface area (Å²) in [4.78, 5) is 27.5. The van der Waals surface area contributed by atoms with E-state index in [2.05, 4.69) is 10.6 Å². The van der Waals surface area contributed by atoms with Crippen molar-refractivity contribution in [1.82, 2.24) is 10.2 Å². The van der Waals surface area contributed by atoms with E-state index in [0.29, 0.717) is 30.2 Å². The van der Waals surface area contributed by atoms with E-state index in [-0.39, 0.29) is 17.9 Å². The average Bonchev–Trinajstić information content (AvgIpc) is 2.92. The Morgan fingerprint density at radius 2 is 1.80 bits per heavy atom. The third-order valence-corrected chi connectivity index (χ3v) is 6.28. The van der Waals surface area contributed by atoms with Gasteiger partial charge in [-0.1, -0.05) is 30.3 Å². The van der Waals surface area contributed by atoms with Crippen LogP contribution in [0.2, 0.25) is 0 Å². The Hall–Kier alpha value is -4.00. The molecule has 0 unspecified atom stereocenters. The van der Waals surface area contributed by atoms with Crippen LogP contribution in [0.25, 0.3) is 0 Å². The number of ether oxygens (including phenoxy) is 2. The van der Waals surface area contributed by atoms with Crippen LogP contribution in [0.15, 0.2) is 72.8 Å². The van der Waals surface area contributed by atoms with Crippen LogP contribution < -0.4 is 20.1 Å². The molecule has 0 bridgehead atoms. The van der Waals surface area contributed by atoms with Crippen LogP contribution in [-0.4, -0.2) is 44.1 Å². The van der Waals surface area contributed by atoms with Crippen LogP contribution >= 0.6 is 0 Å². The summed E-state index contributed by atoms with van der Waals surface area (Å²) in [6.45, 7) is 1.66. The second-order valence-electron chi connectivity index (χ2n) is 8.57. The standard InChI is InChI=1S/C28H31N3O4/c1-34-25-13-14-26(35-2)23(17-25)18-29-27(32)21-9-6-8-20(16-21)22-10-7-15-31(19-22)28(33)30-24-11-4-3-5-12-24/h3-6,8-9,11-14,16-17,22H,7,10,15,18-19H2,1-2H3,(H,29,32)(H,30,33)/t22-/m1/s1. The quantitative estimate of drug-likeness (QED) is 0.504. The monoisotopic (exact) mass is 473 g/mol. The van der Waals surface area contributed by atoms with E-state index in [1.54, 1.807) is 14.2 Å². The lowest BCUT2D eigenvalue weighted by Gasteiger charge is -2.33. The van der Waals surface area contributed by atoms with Crippen LogP contribution in [0.3, 0.4) is 0 Å². The maximum atomic E-state index is 12.9. The van der Waals surface area contributed by atoms with Crippen molar-refractivity contribution in [2.24, 2.45) is 0 Å². The third kappa shape index (κ3) is 6.12. The Bertz CT molecular complexity index is 1170. The van der Waals surface area contributed by atoms with Gasteiger partial charge < -0.3 is 25.0 Å². The molecule has 1 heterocycles. The maximum absolute atomic E-state index is 12.9. The minimum absolute atomic E-state index is 0.0953. The molecule has 1 atom stereocenters. The number of rotatable bonds is 7. The van der Waals surface area contributed by atoms with Gasteiger partial charge >= 0.3 is 6.03 Å². The van der Waals surface area contributed by atoms with Crippen LogP contribution in [0, 0.1) is 0 Å². The number of urea groups is 1.